The first-order chi connectivity index (χ1) is 8.67. The average molecular weight is 288 g/mol. The summed E-state index contributed by atoms with van der Waals surface area (Å²) in [4.78, 5) is 32.2. The van der Waals surface area contributed by atoms with E-state index in [1.165, 1.54) is 13.8 Å². The molecule has 0 aliphatic heterocycles. The minimum Gasteiger partial charge on any atom is -0.426 e. The van der Waals surface area contributed by atoms with Gasteiger partial charge in [-0.3, -0.25) is 14.4 Å². The molecule has 0 fully saturated rings. The summed E-state index contributed by atoms with van der Waals surface area (Å²) in [7, 11) is 0. The Morgan fingerprint density at radius 2 is 1.15 bits per heavy atom. The fraction of sp³-hybridized carbons (Fsp3) is 0.800. The summed E-state index contributed by atoms with van der Waals surface area (Å²) >= 11 is 0. The molecule has 0 aromatic carbocycles. The van der Waals surface area contributed by atoms with Crippen LogP contribution in [-0.4, -0.2) is 24.0 Å². The van der Waals surface area contributed by atoms with Crippen molar-refractivity contribution in [2.24, 2.45) is 10.8 Å². The van der Waals surface area contributed by atoms with E-state index in [-0.39, 0.29) is 17.2 Å². The summed E-state index contributed by atoms with van der Waals surface area (Å²) < 4.78 is 9.48. The van der Waals surface area contributed by atoms with E-state index in [9.17, 15) is 14.4 Å². The number of ketones is 1. The van der Waals surface area contributed by atoms with Gasteiger partial charge in [0.1, 0.15) is 5.78 Å². The first kappa shape index (κ1) is 20.9. The Balaban J connectivity index is 0. The van der Waals surface area contributed by atoms with Gasteiger partial charge in [0.25, 0.3) is 0 Å². The molecule has 0 heterocycles. The number of hydrogen-bond donors (Lipinski definition) is 0. The van der Waals surface area contributed by atoms with Crippen LogP contribution in [-0.2, 0) is 23.9 Å². The number of hydrogen-bond acceptors (Lipinski definition) is 5. The third-order valence-electron chi connectivity index (χ3n) is 2.27. The predicted octanol–water partition coefficient (Wildman–Crippen LogP) is 3.11. The number of rotatable bonds is 2. The van der Waals surface area contributed by atoms with Crippen molar-refractivity contribution in [3.63, 3.8) is 0 Å². The normalized spacial score (nSPS) is 12.7. The quantitative estimate of drug-likeness (QED) is 0.577. The maximum absolute atomic E-state index is 11.2. The van der Waals surface area contributed by atoms with Gasteiger partial charge in [0.05, 0.1) is 5.41 Å². The van der Waals surface area contributed by atoms with Crippen LogP contribution < -0.4 is 0 Å². The van der Waals surface area contributed by atoms with Gasteiger partial charge in [-0.05, 0) is 27.7 Å². The molecule has 0 saturated carbocycles. The Bertz CT molecular complexity index is 344. The lowest BCUT2D eigenvalue weighted by Gasteiger charge is -2.20. The van der Waals surface area contributed by atoms with Crippen molar-refractivity contribution >= 4 is 17.7 Å². The number of ether oxygens (including phenoxy) is 2. The molecule has 1 unspecified atom stereocenters. The molecule has 0 spiro atoms. The van der Waals surface area contributed by atoms with Gasteiger partial charge < -0.3 is 9.47 Å². The summed E-state index contributed by atoms with van der Waals surface area (Å²) in [6.45, 7) is 15.3. The molecule has 0 radical (unpaired) electrons. The number of carbonyl (C=O) groups is 3. The standard InChI is InChI=1S/C9H16O4.C6H12O/c1-6(10)12-7(2)13-8(11)9(3,4)5;1-5(7)6(2,3)4/h7H,1-5H3;1-4H3. The zero-order chi connectivity index (χ0) is 16.7. The van der Waals surface area contributed by atoms with Crippen LogP contribution in [0.25, 0.3) is 0 Å². The van der Waals surface area contributed by atoms with Gasteiger partial charge >= 0.3 is 11.9 Å². The van der Waals surface area contributed by atoms with Crippen LogP contribution in [0.5, 0.6) is 0 Å². The number of carbonyl (C=O) groups excluding carboxylic acids is 3. The summed E-state index contributed by atoms with van der Waals surface area (Å²) in [5, 5.41) is 0. The molecule has 0 aromatic heterocycles. The van der Waals surface area contributed by atoms with Crippen LogP contribution in [0.3, 0.4) is 0 Å². The zero-order valence-electron chi connectivity index (χ0n) is 14.1. The largest absolute Gasteiger partial charge is 0.426 e. The highest BCUT2D eigenvalue weighted by Crippen LogP contribution is 2.16. The molecule has 0 bridgehead atoms. The van der Waals surface area contributed by atoms with Gasteiger partial charge in [0.15, 0.2) is 0 Å². The van der Waals surface area contributed by atoms with Gasteiger partial charge in [0.2, 0.25) is 6.29 Å². The number of Topliss-reactive ketones (excluding diaryl/α,β-unsaturated/α-hetero) is 1. The molecular weight excluding hydrogens is 260 g/mol. The number of esters is 2. The average Bonchev–Trinajstić information content (AvgIpc) is 2.13. The highest BCUT2D eigenvalue weighted by Gasteiger charge is 2.25. The molecule has 5 heteroatoms. The topological polar surface area (TPSA) is 69.7 Å². The molecule has 0 N–H and O–H groups in total. The van der Waals surface area contributed by atoms with E-state index >= 15 is 0 Å². The lowest BCUT2D eigenvalue weighted by atomic mass is 9.92. The van der Waals surface area contributed by atoms with E-state index in [2.05, 4.69) is 4.74 Å². The summed E-state index contributed by atoms with van der Waals surface area (Å²) in [6, 6.07) is 0. The summed E-state index contributed by atoms with van der Waals surface area (Å²) in [6.07, 6.45) is -0.816. The molecule has 1 atom stereocenters. The third kappa shape index (κ3) is 11.7. The van der Waals surface area contributed by atoms with Crippen molar-refractivity contribution in [1.82, 2.24) is 0 Å². The van der Waals surface area contributed by atoms with E-state index in [4.69, 9.17) is 4.74 Å². The second-order valence-corrected chi connectivity index (χ2v) is 6.64. The molecule has 0 rings (SSSR count). The SMILES string of the molecule is CC(=O)C(C)(C)C.CC(=O)OC(C)OC(=O)C(C)(C)C. The van der Waals surface area contributed by atoms with Crippen molar-refractivity contribution in [2.75, 3.05) is 0 Å². The highest BCUT2D eigenvalue weighted by atomic mass is 16.7. The Morgan fingerprint density at radius 3 is 1.35 bits per heavy atom. The Hall–Kier alpha value is -1.39. The van der Waals surface area contributed by atoms with Gasteiger partial charge in [-0.15, -0.1) is 0 Å². The second-order valence-electron chi connectivity index (χ2n) is 6.64. The third-order valence-corrected chi connectivity index (χ3v) is 2.27. The predicted molar refractivity (Wildman–Crippen MR) is 76.9 cm³/mol. The first-order valence-corrected chi connectivity index (χ1v) is 6.57. The van der Waals surface area contributed by atoms with Crippen LogP contribution in [0, 0.1) is 10.8 Å². The zero-order valence-corrected chi connectivity index (χ0v) is 14.1. The minimum atomic E-state index is -0.816. The molecule has 0 aliphatic carbocycles. The van der Waals surface area contributed by atoms with E-state index < -0.39 is 17.7 Å². The highest BCUT2D eigenvalue weighted by molar-refractivity contribution is 5.80. The maximum Gasteiger partial charge on any atom is 0.314 e. The molecule has 5 nitrogen and oxygen atoms in total. The fourth-order valence-corrected chi connectivity index (χ4v) is 0.585. The molecule has 20 heavy (non-hydrogen) atoms. The van der Waals surface area contributed by atoms with E-state index in [1.807, 2.05) is 20.8 Å². The first-order valence-electron chi connectivity index (χ1n) is 6.57. The molecule has 0 aromatic rings. The Labute approximate surface area is 122 Å². The van der Waals surface area contributed by atoms with Crippen molar-refractivity contribution in [3.05, 3.63) is 0 Å². The van der Waals surface area contributed by atoms with Crippen LogP contribution in [0.1, 0.15) is 62.3 Å². The van der Waals surface area contributed by atoms with Gasteiger partial charge in [0, 0.05) is 19.3 Å². The van der Waals surface area contributed by atoms with Crippen LogP contribution >= 0.6 is 0 Å². The second kappa shape index (κ2) is 8.02. The van der Waals surface area contributed by atoms with E-state index in [1.54, 1.807) is 27.7 Å². The molecule has 118 valence electrons. The lowest BCUT2D eigenvalue weighted by molar-refractivity contribution is -0.189. The van der Waals surface area contributed by atoms with Crippen molar-refractivity contribution in [3.8, 4) is 0 Å². The van der Waals surface area contributed by atoms with Crippen molar-refractivity contribution in [2.45, 2.75) is 68.6 Å². The Kier molecular flexibility index (Phi) is 8.39. The van der Waals surface area contributed by atoms with E-state index in [0.717, 1.165) is 0 Å². The van der Waals surface area contributed by atoms with Crippen LogP contribution in [0.4, 0.5) is 0 Å². The van der Waals surface area contributed by atoms with Crippen molar-refractivity contribution < 1.29 is 23.9 Å². The van der Waals surface area contributed by atoms with Gasteiger partial charge in [-0.25, -0.2) is 0 Å². The smallest absolute Gasteiger partial charge is 0.314 e. The van der Waals surface area contributed by atoms with Gasteiger partial charge in [-0.1, -0.05) is 20.8 Å². The molecule has 0 saturated heterocycles. The maximum atomic E-state index is 11.2. The van der Waals surface area contributed by atoms with Crippen LogP contribution in [0.15, 0.2) is 0 Å². The van der Waals surface area contributed by atoms with Gasteiger partial charge in [-0.2, -0.15) is 0 Å². The lowest BCUT2D eigenvalue weighted by Crippen LogP contribution is -2.29. The molecular formula is C15H28O5. The molecule has 0 amide bonds. The Morgan fingerprint density at radius 1 is 0.800 bits per heavy atom. The van der Waals surface area contributed by atoms with E-state index in [0.29, 0.717) is 0 Å². The van der Waals surface area contributed by atoms with Crippen LogP contribution in [0.2, 0.25) is 0 Å². The minimum absolute atomic E-state index is 0.139. The summed E-state index contributed by atoms with van der Waals surface area (Å²) in [5.74, 6) is -0.608. The monoisotopic (exact) mass is 288 g/mol. The summed E-state index contributed by atoms with van der Waals surface area (Å²) in [5.41, 5.74) is -0.714. The fourth-order valence-electron chi connectivity index (χ4n) is 0.585. The molecule has 0 aliphatic rings. The van der Waals surface area contributed by atoms with Crippen molar-refractivity contribution in [1.29, 1.82) is 0 Å².